The van der Waals surface area contributed by atoms with Crippen molar-refractivity contribution in [2.45, 2.75) is 13.8 Å². The number of aryl methyl sites for hydroxylation is 1. The second-order valence-electron chi connectivity index (χ2n) is 2.98. The number of hydrogen-bond acceptors (Lipinski definition) is 3. The molecule has 0 bridgehead atoms. The molecule has 0 unspecified atom stereocenters. The highest BCUT2D eigenvalue weighted by Gasteiger charge is 2.03. The molecule has 13 heavy (non-hydrogen) atoms. The first kappa shape index (κ1) is 8.51. The molecular weight excluding hydrogens is 180 g/mol. The van der Waals surface area contributed by atoms with Crippen molar-refractivity contribution in [3.05, 3.63) is 23.2 Å². The summed E-state index contributed by atoms with van der Waals surface area (Å²) in [5.41, 5.74) is 3.38. The molecule has 2 rings (SSSR count). The van der Waals surface area contributed by atoms with E-state index in [-0.39, 0.29) is 0 Å². The highest BCUT2D eigenvalue weighted by molar-refractivity contribution is 7.17. The first-order chi connectivity index (χ1) is 6.31. The van der Waals surface area contributed by atoms with E-state index in [0.717, 1.165) is 17.8 Å². The number of nitrogens with one attached hydrogen (secondary N) is 1. The summed E-state index contributed by atoms with van der Waals surface area (Å²) in [6, 6.07) is 4.16. The minimum atomic E-state index is 0.955. The van der Waals surface area contributed by atoms with Crippen LogP contribution in [0.15, 0.2) is 17.5 Å². The van der Waals surface area contributed by atoms with Crippen LogP contribution in [0.3, 0.4) is 0 Å². The summed E-state index contributed by atoms with van der Waals surface area (Å²) in [5.74, 6) is 0. The summed E-state index contributed by atoms with van der Waals surface area (Å²) in [7, 11) is 0. The average molecular weight is 192 g/mol. The minimum Gasteiger partial charge on any atom is -0.384 e. The Bertz CT molecular complexity index is 420. The van der Waals surface area contributed by atoms with Crippen LogP contribution in [0.1, 0.15) is 12.6 Å². The summed E-state index contributed by atoms with van der Waals surface area (Å²) < 4.78 is 1.26. The zero-order valence-corrected chi connectivity index (χ0v) is 8.61. The lowest BCUT2D eigenvalue weighted by molar-refractivity contribution is 1.20. The Labute approximate surface area is 81.6 Å². The molecule has 0 aliphatic heterocycles. The van der Waals surface area contributed by atoms with Crippen molar-refractivity contribution in [3.63, 3.8) is 0 Å². The van der Waals surface area contributed by atoms with Crippen LogP contribution in [0.2, 0.25) is 0 Å². The molecule has 0 radical (unpaired) electrons. The number of nitrogens with zero attached hydrogens (tertiary/aromatic N) is 1. The van der Waals surface area contributed by atoms with Crippen LogP contribution < -0.4 is 5.32 Å². The van der Waals surface area contributed by atoms with Crippen molar-refractivity contribution in [2.24, 2.45) is 0 Å². The maximum Gasteiger partial charge on any atom is 0.0833 e. The number of rotatable bonds is 2. The Hall–Kier alpha value is -1.09. The van der Waals surface area contributed by atoms with Gasteiger partial charge in [-0.2, -0.15) is 0 Å². The van der Waals surface area contributed by atoms with Crippen molar-refractivity contribution in [1.29, 1.82) is 0 Å². The zero-order valence-electron chi connectivity index (χ0n) is 7.79. The average Bonchev–Trinajstić information content (AvgIpc) is 2.52. The van der Waals surface area contributed by atoms with Crippen LogP contribution in [-0.2, 0) is 0 Å². The smallest absolute Gasteiger partial charge is 0.0833 e. The molecule has 68 valence electrons. The van der Waals surface area contributed by atoms with E-state index in [4.69, 9.17) is 0 Å². The van der Waals surface area contributed by atoms with Gasteiger partial charge in [-0.1, -0.05) is 0 Å². The van der Waals surface area contributed by atoms with Gasteiger partial charge >= 0.3 is 0 Å². The number of thiophene rings is 1. The Morgan fingerprint density at radius 1 is 1.54 bits per heavy atom. The van der Waals surface area contributed by atoms with E-state index in [1.807, 2.05) is 6.92 Å². The second kappa shape index (κ2) is 3.34. The van der Waals surface area contributed by atoms with Crippen molar-refractivity contribution < 1.29 is 0 Å². The lowest BCUT2D eigenvalue weighted by Gasteiger charge is -2.04. The number of aromatic nitrogens is 1. The molecule has 0 fully saturated rings. The number of pyridine rings is 1. The van der Waals surface area contributed by atoms with Crippen molar-refractivity contribution in [2.75, 3.05) is 11.9 Å². The summed E-state index contributed by atoms with van der Waals surface area (Å²) >= 11 is 1.74. The van der Waals surface area contributed by atoms with Gasteiger partial charge in [0.1, 0.15) is 0 Å². The van der Waals surface area contributed by atoms with E-state index < -0.39 is 0 Å². The number of anilines is 1. The molecule has 2 nitrogen and oxygen atoms in total. The minimum absolute atomic E-state index is 0.955. The summed E-state index contributed by atoms with van der Waals surface area (Å²) in [4.78, 5) is 4.45. The fraction of sp³-hybridized carbons (Fsp3) is 0.300. The van der Waals surface area contributed by atoms with Crippen molar-refractivity contribution >= 4 is 27.2 Å². The summed E-state index contributed by atoms with van der Waals surface area (Å²) in [5, 5.41) is 5.43. The van der Waals surface area contributed by atoms with Gasteiger partial charge in [0, 0.05) is 12.2 Å². The molecule has 0 amide bonds. The quantitative estimate of drug-likeness (QED) is 0.791. The normalized spacial score (nSPS) is 10.6. The summed E-state index contributed by atoms with van der Waals surface area (Å²) in [6.45, 7) is 5.09. The third-order valence-electron chi connectivity index (χ3n) is 1.91. The van der Waals surface area contributed by atoms with Gasteiger partial charge in [-0.25, -0.2) is 0 Å². The molecule has 3 heteroatoms. The molecule has 0 aliphatic rings. The maximum absolute atomic E-state index is 4.45. The molecule has 0 saturated carbocycles. The molecular formula is C10H12N2S. The lowest BCUT2D eigenvalue weighted by Crippen LogP contribution is -1.97. The van der Waals surface area contributed by atoms with Crippen LogP contribution in [0.25, 0.3) is 10.2 Å². The number of hydrogen-bond donors (Lipinski definition) is 1. The van der Waals surface area contributed by atoms with Gasteiger partial charge in [-0.3, -0.25) is 4.98 Å². The van der Waals surface area contributed by atoms with E-state index in [1.54, 1.807) is 11.3 Å². The third-order valence-corrected chi connectivity index (χ3v) is 2.84. The van der Waals surface area contributed by atoms with Gasteiger partial charge in [0.15, 0.2) is 0 Å². The molecule has 0 aromatic carbocycles. The van der Waals surface area contributed by atoms with Gasteiger partial charge in [0.05, 0.1) is 15.9 Å². The molecule has 0 aliphatic carbocycles. The van der Waals surface area contributed by atoms with E-state index >= 15 is 0 Å². The monoisotopic (exact) mass is 192 g/mol. The zero-order chi connectivity index (χ0) is 9.26. The van der Waals surface area contributed by atoms with Gasteiger partial charge in [-0.05, 0) is 31.4 Å². The topological polar surface area (TPSA) is 24.9 Å². The number of fused-ring (bicyclic) bond motifs is 1. The lowest BCUT2D eigenvalue weighted by atomic mass is 10.3. The maximum atomic E-state index is 4.45. The van der Waals surface area contributed by atoms with Crippen molar-refractivity contribution in [1.82, 2.24) is 4.98 Å². The Morgan fingerprint density at radius 2 is 2.38 bits per heavy atom. The van der Waals surface area contributed by atoms with Crippen LogP contribution in [-0.4, -0.2) is 11.5 Å². The highest BCUT2D eigenvalue weighted by atomic mass is 32.1. The summed E-state index contributed by atoms with van der Waals surface area (Å²) in [6.07, 6.45) is 0. The fourth-order valence-corrected chi connectivity index (χ4v) is 2.24. The van der Waals surface area contributed by atoms with Crippen LogP contribution in [0, 0.1) is 6.92 Å². The standard InChI is InChI=1S/C10H12N2S/c1-3-11-9-6-7(2)12-8-4-5-13-10(8)9/h4-6H,3H2,1-2H3,(H,11,12). The predicted molar refractivity (Wildman–Crippen MR) is 58.5 cm³/mol. The van der Waals surface area contributed by atoms with E-state index in [0.29, 0.717) is 0 Å². The fourth-order valence-electron chi connectivity index (χ4n) is 1.41. The predicted octanol–water partition coefficient (Wildman–Crippen LogP) is 3.04. The molecule has 0 spiro atoms. The molecule has 2 heterocycles. The SMILES string of the molecule is CCNc1cc(C)nc2ccsc12. The molecule has 1 N–H and O–H groups in total. The van der Waals surface area contributed by atoms with Gasteiger partial charge < -0.3 is 5.32 Å². The molecule has 0 atom stereocenters. The molecule has 2 aromatic rings. The van der Waals surface area contributed by atoms with Gasteiger partial charge in [-0.15, -0.1) is 11.3 Å². The highest BCUT2D eigenvalue weighted by Crippen LogP contribution is 2.27. The van der Waals surface area contributed by atoms with Crippen LogP contribution >= 0.6 is 11.3 Å². The molecule has 2 aromatic heterocycles. The van der Waals surface area contributed by atoms with E-state index in [2.05, 4.69) is 34.7 Å². The first-order valence-electron chi connectivity index (χ1n) is 4.40. The molecule has 0 saturated heterocycles. The van der Waals surface area contributed by atoms with Gasteiger partial charge in [0.25, 0.3) is 0 Å². The third kappa shape index (κ3) is 1.52. The van der Waals surface area contributed by atoms with Crippen molar-refractivity contribution in [3.8, 4) is 0 Å². The van der Waals surface area contributed by atoms with Crippen LogP contribution in [0.4, 0.5) is 5.69 Å². The second-order valence-corrected chi connectivity index (χ2v) is 3.89. The Kier molecular flexibility index (Phi) is 2.19. The Morgan fingerprint density at radius 3 is 3.15 bits per heavy atom. The Balaban J connectivity index is 2.63. The first-order valence-corrected chi connectivity index (χ1v) is 5.28. The van der Waals surface area contributed by atoms with E-state index in [1.165, 1.54) is 10.4 Å². The van der Waals surface area contributed by atoms with Gasteiger partial charge in [0.2, 0.25) is 0 Å². The van der Waals surface area contributed by atoms with E-state index in [9.17, 15) is 0 Å². The van der Waals surface area contributed by atoms with Crippen LogP contribution in [0.5, 0.6) is 0 Å². The largest absolute Gasteiger partial charge is 0.384 e.